The number of carbonyl (C=O) groups is 1. The van der Waals surface area contributed by atoms with Gasteiger partial charge in [-0.3, -0.25) is 9.36 Å². The number of para-hydroxylation sites is 2. The van der Waals surface area contributed by atoms with Gasteiger partial charge in [0.2, 0.25) is 5.91 Å². The summed E-state index contributed by atoms with van der Waals surface area (Å²) in [4.78, 5) is 12.6. The molecule has 0 bridgehead atoms. The normalized spacial score (nSPS) is 14.7. The zero-order chi connectivity index (χ0) is 22.6. The van der Waals surface area contributed by atoms with Crippen molar-refractivity contribution in [1.82, 2.24) is 14.8 Å². The molecule has 2 heterocycles. The molecule has 7 nitrogen and oxygen atoms in total. The Morgan fingerprint density at radius 2 is 1.88 bits per heavy atom. The maximum atomic E-state index is 12.6. The van der Waals surface area contributed by atoms with Crippen molar-refractivity contribution < 1.29 is 14.3 Å². The summed E-state index contributed by atoms with van der Waals surface area (Å²) in [5.41, 5.74) is 0.763. The number of amides is 1. The number of hydrogen-bond acceptors (Lipinski definition) is 6. The van der Waals surface area contributed by atoms with Gasteiger partial charge in [0.25, 0.3) is 0 Å². The summed E-state index contributed by atoms with van der Waals surface area (Å²) in [5, 5.41) is 14.4. The smallest absolute Gasteiger partial charge is 0.234 e. The molecule has 0 aliphatic carbocycles. The molecule has 8 heteroatoms. The number of thioether (sulfide) groups is 1. The number of allylic oxidation sites excluding steroid dienone is 1. The number of hydrogen-bond donors (Lipinski definition) is 1. The second-order valence-corrected chi connectivity index (χ2v) is 8.45. The molecule has 33 heavy (non-hydrogen) atoms. The van der Waals surface area contributed by atoms with Crippen LogP contribution in [0.15, 0.2) is 84.5 Å². The molecule has 5 rings (SSSR count). The third-order valence-corrected chi connectivity index (χ3v) is 6.19. The van der Waals surface area contributed by atoms with Crippen LogP contribution in [0, 0.1) is 0 Å². The van der Waals surface area contributed by atoms with Gasteiger partial charge < -0.3 is 14.8 Å². The van der Waals surface area contributed by atoms with Crippen molar-refractivity contribution in [2.24, 2.45) is 0 Å². The Balaban J connectivity index is 1.27. The number of ether oxygens (including phenoxy) is 2. The summed E-state index contributed by atoms with van der Waals surface area (Å²) >= 11 is 1.32. The van der Waals surface area contributed by atoms with Gasteiger partial charge in [-0.15, -0.1) is 16.8 Å². The van der Waals surface area contributed by atoms with E-state index in [2.05, 4.69) is 22.1 Å². The van der Waals surface area contributed by atoms with Crippen molar-refractivity contribution in [3.05, 3.63) is 85.2 Å². The molecule has 3 aromatic carbocycles. The maximum absolute atomic E-state index is 12.6. The lowest BCUT2D eigenvalue weighted by atomic mass is 10.1. The van der Waals surface area contributed by atoms with Crippen LogP contribution < -0.4 is 14.8 Å². The largest absolute Gasteiger partial charge is 0.485 e. The van der Waals surface area contributed by atoms with Gasteiger partial charge in [-0.2, -0.15) is 0 Å². The molecular formula is C25H22N4O3S. The van der Waals surface area contributed by atoms with Crippen LogP contribution in [0.3, 0.4) is 0 Å². The quantitative estimate of drug-likeness (QED) is 0.315. The topological polar surface area (TPSA) is 78.3 Å². The number of nitrogens with one attached hydrogen (secondary N) is 1. The predicted octanol–water partition coefficient (Wildman–Crippen LogP) is 4.86. The molecule has 1 aliphatic rings. The van der Waals surface area contributed by atoms with Crippen molar-refractivity contribution in [2.45, 2.75) is 17.8 Å². The predicted molar refractivity (Wildman–Crippen MR) is 129 cm³/mol. The molecule has 1 amide bonds. The van der Waals surface area contributed by atoms with Crippen LogP contribution >= 0.6 is 11.8 Å². The Bertz CT molecular complexity index is 1320. The summed E-state index contributed by atoms with van der Waals surface area (Å²) < 4.78 is 13.8. The highest BCUT2D eigenvalue weighted by molar-refractivity contribution is 7.99. The molecule has 4 aromatic rings. The van der Waals surface area contributed by atoms with Gasteiger partial charge >= 0.3 is 0 Å². The van der Waals surface area contributed by atoms with E-state index in [4.69, 9.17) is 9.47 Å². The molecule has 0 radical (unpaired) electrons. The van der Waals surface area contributed by atoms with E-state index >= 15 is 0 Å². The maximum Gasteiger partial charge on any atom is 0.234 e. The van der Waals surface area contributed by atoms with E-state index in [1.165, 1.54) is 11.8 Å². The Morgan fingerprint density at radius 1 is 1.09 bits per heavy atom. The SMILES string of the molecule is C=CCn1c(SCC(=O)Nc2ccc3ccccc3c2)nnc1[C@@H]1COc2ccccc2O1. The number of fused-ring (bicyclic) bond motifs is 2. The van der Waals surface area contributed by atoms with Crippen molar-refractivity contribution in [1.29, 1.82) is 0 Å². The van der Waals surface area contributed by atoms with Gasteiger partial charge in [0.15, 0.2) is 28.6 Å². The first-order valence-electron chi connectivity index (χ1n) is 10.5. The fourth-order valence-corrected chi connectivity index (χ4v) is 4.44. The van der Waals surface area contributed by atoms with E-state index < -0.39 is 6.10 Å². The summed E-state index contributed by atoms with van der Waals surface area (Å²) in [6, 6.07) is 21.4. The Kier molecular flexibility index (Phi) is 5.99. The van der Waals surface area contributed by atoms with Crippen LogP contribution in [0.4, 0.5) is 5.69 Å². The van der Waals surface area contributed by atoms with Crippen LogP contribution in [0.1, 0.15) is 11.9 Å². The van der Waals surface area contributed by atoms with Gasteiger partial charge in [-0.05, 0) is 35.0 Å². The van der Waals surface area contributed by atoms with Gasteiger partial charge in [0.05, 0.1) is 5.75 Å². The van der Waals surface area contributed by atoms with Crippen LogP contribution in [0.25, 0.3) is 10.8 Å². The highest BCUT2D eigenvalue weighted by Crippen LogP contribution is 2.36. The van der Waals surface area contributed by atoms with Gasteiger partial charge in [-0.1, -0.05) is 60.3 Å². The summed E-state index contributed by atoms with van der Waals surface area (Å²) in [6.07, 6.45) is 1.37. The van der Waals surface area contributed by atoms with E-state index in [0.29, 0.717) is 35.6 Å². The summed E-state index contributed by atoms with van der Waals surface area (Å²) in [5.74, 6) is 2.11. The molecule has 1 aromatic heterocycles. The van der Waals surface area contributed by atoms with E-state index in [1.54, 1.807) is 6.08 Å². The number of nitrogens with zero attached hydrogens (tertiary/aromatic N) is 3. The highest BCUT2D eigenvalue weighted by atomic mass is 32.2. The number of aromatic nitrogens is 3. The Hall–Kier alpha value is -3.78. The standard InChI is InChI=1S/C25H22N4O3S/c1-2-13-29-24(22-15-31-20-9-5-6-10-21(20)32-22)27-28-25(29)33-16-23(30)26-19-12-11-17-7-3-4-8-18(17)14-19/h2-12,14,22H,1,13,15-16H2,(H,26,30)/t22-/m0/s1. The molecule has 1 N–H and O–H groups in total. The first-order chi connectivity index (χ1) is 16.2. The van der Waals surface area contributed by atoms with Crippen LogP contribution in [0.5, 0.6) is 11.5 Å². The monoisotopic (exact) mass is 458 g/mol. The van der Waals surface area contributed by atoms with Crippen LogP contribution in [0.2, 0.25) is 0 Å². The van der Waals surface area contributed by atoms with Crippen molar-refractivity contribution in [3.63, 3.8) is 0 Å². The summed E-state index contributed by atoms with van der Waals surface area (Å²) in [7, 11) is 0. The average Bonchev–Trinajstić information content (AvgIpc) is 3.25. The van der Waals surface area contributed by atoms with Gasteiger partial charge in [0, 0.05) is 12.2 Å². The third kappa shape index (κ3) is 4.56. The molecule has 0 saturated carbocycles. The molecule has 0 spiro atoms. The van der Waals surface area contributed by atoms with Crippen molar-refractivity contribution in [2.75, 3.05) is 17.7 Å². The lowest BCUT2D eigenvalue weighted by Gasteiger charge is -2.26. The lowest BCUT2D eigenvalue weighted by Crippen LogP contribution is -2.25. The first kappa shape index (κ1) is 21.1. The molecule has 0 saturated heterocycles. The molecule has 0 fully saturated rings. The third-order valence-electron chi connectivity index (χ3n) is 5.22. The van der Waals surface area contributed by atoms with Crippen LogP contribution in [-0.4, -0.2) is 33.0 Å². The van der Waals surface area contributed by atoms with E-state index in [1.807, 2.05) is 71.3 Å². The minimum atomic E-state index is -0.395. The molecule has 166 valence electrons. The Morgan fingerprint density at radius 3 is 2.73 bits per heavy atom. The number of carbonyl (C=O) groups excluding carboxylic acids is 1. The zero-order valence-electron chi connectivity index (χ0n) is 17.8. The van der Waals surface area contributed by atoms with E-state index in [-0.39, 0.29) is 11.7 Å². The van der Waals surface area contributed by atoms with Crippen molar-refractivity contribution in [3.8, 4) is 11.5 Å². The molecule has 0 unspecified atom stereocenters. The van der Waals surface area contributed by atoms with Gasteiger partial charge in [-0.25, -0.2) is 0 Å². The molecular weight excluding hydrogens is 436 g/mol. The fourth-order valence-electron chi connectivity index (χ4n) is 3.69. The molecule has 1 aliphatic heterocycles. The van der Waals surface area contributed by atoms with E-state index in [9.17, 15) is 4.79 Å². The first-order valence-corrected chi connectivity index (χ1v) is 11.5. The minimum absolute atomic E-state index is 0.115. The van der Waals surface area contributed by atoms with Crippen LogP contribution in [-0.2, 0) is 11.3 Å². The average molecular weight is 459 g/mol. The highest BCUT2D eigenvalue weighted by Gasteiger charge is 2.28. The zero-order valence-corrected chi connectivity index (χ0v) is 18.6. The summed E-state index contributed by atoms with van der Waals surface area (Å²) in [6.45, 7) is 4.67. The second kappa shape index (κ2) is 9.38. The minimum Gasteiger partial charge on any atom is -0.485 e. The van der Waals surface area contributed by atoms with Crippen molar-refractivity contribution >= 4 is 34.1 Å². The Labute approximate surface area is 195 Å². The lowest BCUT2D eigenvalue weighted by molar-refractivity contribution is -0.113. The fraction of sp³-hybridized carbons (Fsp3) is 0.160. The number of anilines is 1. The second-order valence-electron chi connectivity index (χ2n) is 7.50. The van der Waals surface area contributed by atoms with Gasteiger partial charge in [0.1, 0.15) is 6.61 Å². The molecule has 1 atom stereocenters. The number of rotatable bonds is 7. The number of benzene rings is 3. The van der Waals surface area contributed by atoms with E-state index in [0.717, 1.165) is 16.5 Å².